The number of amides is 1. The predicted molar refractivity (Wildman–Crippen MR) is 131 cm³/mol. The van der Waals surface area contributed by atoms with E-state index in [1.807, 2.05) is 12.3 Å². The first-order valence-corrected chi connectivity index (χ1v) is 12.1. The molecule has 0 saturated carbocycles. The van der Waals surface area contributed by atoms with Gasteiger partial charge in [0, 0.05) is 59.6 Å². The molecule has 0 spiro atoms. The number of hydrogen-bond donors (Lipinski definition) is 1. The lowest BCUT2D eigenvalue weighted by molar-refractivity contribution is -0.125. The van der Waals surface area contributed by atoms with Gasteiger partial charge < -0.3 is 15.1 Å². The van der Waals surface area contributed by atoms with E-state index < -0.39 is 0 Å². The Morgan fingerprint density at radius 1 is 1.29 bits per heavy atom. The molecule has 1 fully saturated rings. The average Bonchev–Trinajstić information content (AvgIpc) is 3.20. The Hall–Kier alpha value is -2.60. The summed E-state index contributed by atoms with van der Waals surface area (Å²) in [5.74, 6) is 1.24. The van der Waals surface area contributed by atoms with Crippen molar-refractivity contribution in [3.8, 4) is 0 Å². The average molecular weight is 437 g/mol. The quantitative estimate of drug-likeness (QED) is 0.513. The van der Waals surface area contributed by atoms with Crippen LogP contribution in [0, 0.1) is 12.8 Å². The van der Waals surface area contributed by atoms with Crippen LogP contribution in [-0.2, 0) is 4.79 Å². The molecule has 1 aliphatic heterocycles. The Morgan fingerprint density at radius 3 is 2.94 bits per heavy atom. The molecule has 1 amide bonds. The number of anilines is 2. The first-order valence-electron chi connectivity index (χ1n) is 11.3. The number of para-hydroxylation sites is 1. The first-order chi connectivity index (χ1) is 15.2. The van der Waals surface area contributed by atoms with Crippen LogP contribution in [0.1, 0.15) is 31.1 Å². The number of carbonyl (C=O) groups is 1. The van der Waals surface area contributed by atoms with Crippen molar-refractivity contribution in [2.24, 2.45) is 5.92 Å². The largest absolute Gasteiger partial charge is 0.372 e. The summed E-state index contributed by atoms with van der Waals surface area (Å²) in [6, 6.07) is 14.8. The maximum atomic E-state index is 12.9. The van der Waals surface area contributed by atoms with Gasteiger partial charge in [-0.1, -0.05) is 18.2 Å². The lowest BCUT2D eigenvalue weighted by atomic mass is 9.97. The maximum absolute atomic E-state index is 12.9. The zero-order chi connectivity index (χ0) is 21.6. The van der Waals surface area contributed by atoms with E-state index in [0.717, 1.165) is 57.8 Å². The fourth-order valence-electron chi connectivity index (χ4n) is 4.45. The van der Waals surface area contributed by atoms with Crippen LogP contribution >= 0.6 is 11.3 Å². The van der Waals surface area contributed by atoms with Crippen LogP contribution < -0.4 is 15.1 Å². The van der Waals surface area contributed by atoms with Gasteiger partial charge in [-0.25, -0.2) is 4.98 Å². The van der Waals surface area contributed by atoms with Crippen LogP contribution in [-0.4, -0.2) is 43.6 Å². The van der Waals surface area contributed by atoms with Crippen molar-refractivity contribution in [1.82, 2.24) is 10.3 Å². The number of carbonyl (C=O) groups excluding carboxylic acids is 1. The van der Waals surface area contributed by atoms with Gasteiger partial charge in [-0.05, 0) is 57.4 Å². The molecule has 31 heavy (non-hydrogen) atoms. The third-order valence-electron chi connectivity index (χ3n) is 6.05. The summed E-state index contributed by atoms with van der Waals surface area (Å²) in [5, 5.41) is 4.40. The minimum atomic E-state index is 0.0296. The molecule has 1 saturated heterocycles. The number of aromatic nitrogens is 1. The summed E-state index contributed by atoms with van der Waals surface area (Å²) in [6.07, 6.45) is 4.81. The third kappa shape index (κ3) is 5.18. The minimum absolute atomic E-state index is 0.0296. The molecule has 0 aliphatic carbocycles. The monoisotopic (exact) mass is 436 g/mol. The van der Waals surface area contributed by atoms with E-state index in [4.69, 9.17) is 0 Å². The molecular weight excluding hydrogens is 404 g/mol. The highest BCUT2D eigenvalue weighted by Gasteiger charge is 2.27. The number of nitrogens with zero attached hydrogens (tertiary/aromatic N) is 3. The number of aryl methyl sites for hydroxylation is 1. The second-order valence-corrected chi connectivity index (χ2v) is 9.54. The lowest BCUT2D eigenvalue weighted by Gasteiger charge is -2.33. The van der Waals surface area contributed by atoms with Crippen LogP contribution in [0.4, 0.5) is 11.5 Å². The fraction of sp³-hybridized carbons (Fsp3) is 0.440. The maximum Gasteiger partial charge on any atom is 0.224 e. The van der Waals surface area contributed by atoms with Crippen molar-refractivity contribution in [3.63, 3.8) is 0 Å². The van der Waals surface area contributed by atoms with Gasteiger partial charge in [-0.2, -0.15) is 0 Å². The molecule has 5 nitrogen and oxygen atoms in total. The van der Waals surface area contributed by atoms with E-state index in [1.54, 1.807) is 11.3 Å². The zero-order valence-corrected chi connectivity index (χ0v) is 19.3. The van der Waals surface area contributed by atoms with E-state index in [0.29, 0.717) is 0 Å². The molecule has 1 aliphatic rings. The molecule has 4 rings (SSSR count). The molecule has 0 radical (unpaired) electrons. The summed E-state index contributed by atoms with van der Waals surface area (Å²) >= 11 is 1.80. The Kier molecular flexibility index (Phi) is 7.07. The smallest absolute Gasteiger partial charge is 0.224 e. The summed E-state index contributed by atoms with van der Waals surface area (Å²) in [5.41, 5.74) is 1.24. The van der Waals surface area contributed by atoms with Crippen LogP contribution in [0.15, 0.2) is 48.7 Å². The van der Waals surface area contributed by atoms with Crippen molar-refractivity contribution in [3.05, 3.63) is 53.5 Å². The van der Waals surface area contributed by atoms with Crippen LogP contribution in [0.25, 0.3) is 10.1 Å². The number of thiophene rings is 1. The van der Waals surface area contributed by atoms with Gasteiger partial charge in [-0.15, -0.1) is 11.3 Å². The number of nitrogens with one attached hydrogen (secondary N) is 1. The number of benzene rings is 1. The van der Waals surface area contributed by atoms with E-state index in [-0.39, 0.29) is 11.8 Å². The molecule has 3 heterocycles. The molecule has 1 N–H and O–H groups in total. The second kappa shape index (κ2) is 10.1. The van der Waals surface area contributed by atoms with Gasteiger partial charge in [0.15, 0.2) is 0 Å². The normalized spacial score (nSPS) is 16.5. The summed E-state index contributed by atoms with van der Waals surface area (Å²) < 4.78 is 1.27. The molecule has 3 aromatic rings. The Bertz CT molecular complexity index is 1000. The van der Waals surface area contributed by atoms with Crippen molar-refractivity contribution in [1.29, 1.82) is 0 Å². The molecule has 6 heteroatoms. The SMILES string of the molecule is CCN(CCCNC(=O)[C@H]1CCCN(c2nccc3sc(C)cc23)C1)c1ccccc1. The van der Waals surface area contributed by atoms with Gasteiger partial charge in [0.25, 0.3) is 0 Å². The molecule has 164 valence electrons. The molecular formula is C25H32N4OS. The molecule has 0 bridgehead atoms. The van der Waals surface area contributed by atoms with Gasteiger partial charge >= 0.3 is 0 Å². The highest BCUT2D eigenvalue weighted by Crippen LogP contribution is 2.33. The third-order valence-corrected chi connectivity index (χ3v) is 7.06. The van der Waals surface area contributed by atoms with Crippen LogP contribution in [0.2, 0.25) is 0 Å². The first kappa shape index (κ1) is 21.6. The van der Waals surface area contributed by atoms with Gasteiger partial charge in [0.1, 0.15) is 5.82 Å². The lowest BCUT2D eigenvalue weighted by Crippen LogP contribution is -2.44. The second-order valence-electron chi connectivity index (χ2n) is 8.25. The standard InChI is InChI=1S/C25H32N4OS/c1-3-28(21-10-5-4-6-11-21)16-8-13-27-25(30)20-9-7-15-29(18-20)24-22-17-19(2)31-23(22)12-14-26-24/h4-6,10-12,14,17,20H,3,7-9,13,15-16,18H2,1-2H3,(H,27,30)/t20-/m0/s1. The zero-order valence-electron chi connectivity index (χ0n) is 18.5. The minimum Gasteiger partial charge on any atom is -0.372 e. The Labute approximate surface area is 189 Å². The molecule has 0 unspecified atom stereocenters. The summed E-state index contributed by atoms with van der Waals surface area (Å²) in [6.45, 7) is 8.66. The van der Waals surface area contributed by atoms with Crippen molar-refractivity contribution >= 4 is 38.8 Å². The van der Waals surface area contributed by atoms with E-state index in [1.165, 1.54) is 20.7 Å². The number of fused-ring (bicyclic) bond motifs is 1. The van der Waals surface area contributed by atoms with Crippen molar-refractivity contribution in [2.45, 2.75) is 33.1 Å². The molecule has 1 aromatic carbocycles. The highest BCUT2D eigenvalue weighted by molar-refractivity contribution is 7.19. The Morgan fingerprint density at radius 2 is 2.13 bits per heavy atom. The van der Waals surface area contributed by atoms with Gasteiger partial charge in [0.2, 0.25) is 5.91 Å². The van der Waals surface area contributed by atoms with Crippen molar-refractivity contribution < 1.29 is 4.79 Å². The van der Waals surface area contributed by atoms with E-state index in [2.05, 4.69) is 70.3 Å². The number of rotatable bonds is 8. The highest BCUT2D eigenvalue weighted by atomic mass is 32.1. The van der Waals surface area contributed by atoms with Crippen LogP contribution in [0.3, 0.4) is 0 Å². The van der Waals surface area contributed by atoms with Gasteiger partial charge in [-0.3, -0.25) is 4.79 Å². The Balaban J connectivity index is 1.30. The predicted octanol–water partition coefficient (Wildman–Crippen LogP) is 4.85. The topological polar surface area (TPSA) is 48.5 Å². The molecule has 2 aromatic heterocycles. The molecule has 1 atom stereocenters. The van der Waals surface area contributed by atoms with E-state index >= 15 is 0 Å². The number of pyridine rings is 1. The van der Waals surface area contributed by atoms with Gasteiger partial charge in [0.05, 0.1) is 5.92 Å². The van der Waals surface area contributed by atoms with Crippen molar-refractivity contribution in [2.75, 3.05) is 42.5 Å². The number of hydrogen-bond acceptors (Lipinski definition) is 5. The summed E-state index contributed by atoms with van der Waals surface area (Å²) in [7, 11) is 0. The number of piperidine rings is 1. The van der Waals surface area contributed by atoms with Crippen LogP contribution in [0.5, 0.6) is 0 Å². The van der Waals surface area contributed by atoms with E-state index in [9.17, 15) is 4.79 Å². The fourth-order valence-corrected chi connectivity index (χ4v) is 5.36. The summed E-state index contributed by atoms with van der Waals surface area (Å²) in [4.78, 5) is 23.5.